The summed E-state index contributed by atoms with van der Waals surface area (Å²) in [5, 5.41) is 4.12. The Morgan fingerprint density at radius 3 is 2.16 bits per heavy atom. The van der Waals surface area contributed by atoms with E-state index in [0.29, 0.717) is 0 Å². The minimum atomic E-state index is 0.0921. The molecule has 1 N–H and O–H groups in total. The molecule has 2 aromatic rings. The number of hydrogen-bond donors (Lipinski definition) is 1. The molecule has 0 bridgehead atoms. The number of aromatic nitrogens is 2. The third-order valence-electron chi connectivity index (χ3n) is 2.63. The second kappa shape index (κ2) is 5.68. The van der Waals surface area contributed by atoms with Gasteiger partial charge >= 0.3 is 0 Å². The number of benzene rings is 1. The van der Waals surface area contributed by atoms with E-state index in [0.717, 1.165) is 28.5 Å². The summed E-state index contributed by atoms with van der Waals surface area (Å²) in [5.41, 5.74) is 2.14. The second-order valence-corrected chi connectivity index (χ2v) is 5.96. The van der Waals surface area contributed by atoms with Gasteiger partial charge in [-0.1, -0.05) is 11.6 Å². The van der Waals surface area contributed by atoms with Gasteiger partial charge in [0.2, 0.25) is 0 Å². The van der Waals surface area contributed by atoms with Gasteiger partial charge in [-0.05, 0) is 45.0 Å². The zero-order valence-corrected chi connectivity index (χ0v) is 12.2. The van der Waals surface area contributed by atoms with Crippen LogP contribution in [0.1, 0.15) is 26.3 Å². The molecule has 0 aliphatic heterocycles. The topological polar surface area (TPSA) is 37.8 Å². The second-order valence-electron chi connectivity index (χ2n) is 5.53. The Kier molecular flexibility index (Phi) is 4.17. The fourth-order valence-corrected chi connectivity index (χ4v) is 1.69. The van der Waals surface area contributed by atoms with Crippen LogP contribution in [-0.4, -0.2) is 15.5 Å². The van der Waals surface area contributed by atoms with Gasteiger partial charge in [-0.2, -0.15) is 0 Å². The maximum atomic E-state index is 5.86. The van der Waals surface area contributed by atoms with Crippen molar-refractivity contribution < 1.29 is 0 Å². The molecule has 3 nitrogen and oxygen atoms in total. The van der Waals surface area contributed by atoms with Gasteiger partial charge in [0, 0.05) is 40.6 Å². The van der Waals surface area contributed by atoms with Crippen molar-refractivity contribution in [2.24, 2.45) is 0 Å². The minimum absolute atomic E-state index is 0.0921. The lowest BCUT2D eigenvalue weighted by atomic mass is 10.1. The first-order valence-corrected chi connectivity index (χ1v) is 6.64. The summed E-state index contributed by atoms with van der Waals surface area (Å²) >= 11 is 5.86. The molecule has 0 aliphatic rings. The van der Waals surface area contributed by atoms with Crippen molar-refractivity contribution in [2.45, 2.75) is 32.9 Å². The summed E-state index contributed by atoms with van der Waals surface area (Å²) < 4.78 is 0. The first-order valence-electron chi connectivity index (χ1n) is 6.26. The van der Waals surface area contributed by atoms with Gasteiger partial charge in [0.15, 0.2) is 5.82 Å². The van der Waals surface area contributed by atoms with Crippen LogP contribution in [0.5, 0.6) is 0 Å². The first-order chi connectivity index (χ1) is 8.94. The molecule has 1 aromatic heterocycles. The third kappa shape index (κ3) is 4.30. The smallest absolute Gasteiger partial charge is 0.159 e. The standard InChI is InChI=1S/C15H18ClN3/c1-15(2,3)19-10-11-8-17-14(18-9-11)12-4-6-13(16)7-5-12/h4-9,19H,10H2,1-3H3. The van der Waals surface area contributed by atoms with Crippen molar-refractivity contribution in [3.8, 4) is 11.4 Å². The van der Waals surface area contributed by atoms with E-state index in [4.69, 9.17) is 11.6 Å². The van der Waals surface area contributed by atoms with Crippen LogP contribution in [0.3, 0.4) is 0 Å². The molecule has 0 radical (unpaired) electrons. The average molecular weight is 276 g/mol. The van der Waals surface area contributed by atoms with Gasteiger partial charge in [0.05, 0.1) is 0 Å². The summed E-state index contributed by atoms with van der Waals surface area (Å²) in [5.74, 6) is 0.719. The molecular weight excluding hydrogens is 258 g/mol. The summed E-state index contributed by atoms with van der Waals surface area (Å²) in [6, 6.07) is 7.53. The van der Waals surface area contributed by atoms with Crippen molar-refractivity contribution in [2.75, 3.05) is 0 Å². The van der Waals surface area contributed by atoms with Crippen molar-refractivity contribution in [1.82, 2.24) is 15.3 Å². The zero-order chi connectivity index (χ0) is 13.9. The van der Waals surface area contributed by atoms with E-state index in [1.54, 1.807) is 0 Å². The predicted molar refractivity (Wildman–Crippen MR) is 79.1 cm³/mol. The van der Waals surface area contributed by atoms with Crippen LogP contribution in [-0.2, 0) is 6.54 Å². The van der Waals surface area contributed by atoms with Crippen LogP contribution in [0, 0.1) is 0 Å². The van der Waals surface area contributed by atoms with Gasteiger partial charge in [0.1, 0.15) is 0 Å². The van der Waals surface area contributed by atoms with Gasteiger partial charge in [-0.15, -0.1) is 0 Å². The fourth-order valence-electron chi connectivity index (χ4n) is 1.56. The van der Waals surface area contributed by atoms with Crippen molar-refractivity contribution >= 4 is 11.6 Å². The van der Waals surface area contributed by atoms with Crippen LogP contribution in [0.15, 0.2) is 36.7 Å². The van der Waals surface area contributed by atoms with Crippen LogP contribution in [0.2, 0.25) is 5.02 Å². The van der Waals surface area contributed by atoms with E-state index < -0.39 is 0 Å². The first kappa shape index (κ1) is 14.0. The normalized spacial score (nSPS) is 11.6. The highest BCUT2D eigenvalue weighted by molar-refractivity contribution is 6.30. The number of nitrogens with zero attached hydrogens (tertiary/aromatic N) is 2. The molecule has 0 aliphatic carbocycles. The number of rotatable bonds is 3. The van der Waals surface area contributed by atoms with Gasteiger partial charge < -0.3 is 5.32 Å². The van der Waals surface area contributed by atoms with Gasteiger partial charge in [0.25, 0.3) is 0 Å². The monoisotopic (exact) mass is 275 g/mol. The Hall–Kier alpha value is -1.45. The Labute approximate surface area is 119 Å². The summed E-state index contributed by atoms with van der Waals surface area (Å²) in [4.78, 5) is 8.77. The molecule has 2 rings (SSSR count). The highest BCUT2D eigenvalue weighted by Gasteiger charge is 2.09. The Bertz CT molecular complexity index is 527. The van der Waals surface area contributed by atoms with Crippen molar-refractivity contribution in [3.05, 3.63) is 47.2 Å². The quantitative estimate of drug-likeness (QED) is 0.928. The fraction of sp³-hybridized carbons (Fsp3) is 0.333. The molecule has 0 unspecified atom stereocenters. The molecule has 0 fully saturated rings. The summed E-state index contributed by atoms with van der Waals surface area (Å²) in [7, 11) is 0. The van der Waals surface area contributed by atoms with Crippen LogP contribution >= 0.6 is 11.6 Å². The zero-order valence-electron chi connectivity index (χ0n) is 11.4. The average Bonchev–Trinajstić information content (AvgIpc) is 2.37. The molecule has 100 valence electrons. The largest absolute Gasteiger partial charge is 0.308 e. The Morgan fingerprint density at radius 2 is 1.63 bits per heavy atom. The van der Waals surface area contributed by atoms with E-state index in [9.17, 15) is 0 Å². The molecule has 0 saturated carbocycles. The lowest BCUT2D eigenvalue weighted by molar-refractivity contribution is 0.423. The molecular formula is C15H18ClN3. The number of halogens is 1. The highest BCUT2D eigenvalue weighted by Crippen LogP contribution is 2.17. The van der Waals surface area contributed by atoms with E-state index >= 15 is 0 Å². The molecule has 0 saturated heterocycles. The molecule has 1 aromatic carbocycles. The third-order valence-corrected chi connectivity index (χ3v) is 2.88. The summed E-state index contributed by atoms with van der Waals surface area (Å²) in [6.45, 7) is 7.17. The molecule has 0 amide bonds. The lowest BCUT2D eigenvalue weighted by Gasteiger charge is -2.20. The minimum Gasteiger partial charge on any atom is -0.308 e. The van der Waals surface area contributed by atoms with Crippen molar-refractivity contribution in [1.29, 1.82) is 0 Å². The Morgan fingerprint density at radius 1 is 1.05 bits per heavy atom. The maximum absolute atomic E-state index is 5.86. The molecule has 1 heterocycles. The Balaban J connectivity index is 2.08. The number of nitrogens with one attached hydrogen (secondary N) is 1. The van der Waals surface area contributed by atoms with Crippen molar-refractivity contribution in [3.63, 3.8) is 0 Å². The summed E-state index contributed by atoms with van der Waals surface area (Å²) in [6.07, 6.45) is 3.71. The van der Waals surface area contributed by atoms with Crippen LogP contribution < -0.4 is 5.32 Å². The van der Waals surface area contributed by atoms with E-state index in [-0.39, 0.29) is 5.54 Å². The maximum Gasteiger partial charge on any atom is 0.159 e. The van der Waals surface area contributed by atoms with Gasteiger partial charge in [-0.25, -0.2) is 9.97 Å². The van der Waals surface area contributed by atoms with Crippen LogP contribution in [0.25, 0.3) is 11.4 Å². The van der Waals surface area contributed by atoms with E-state index in [1.165, 1.54) is 0 Å². The predicted octanol–water partition coefficient (Wildman–Crippen LogP) is 3.69. The molecule has 0 spiro atoms. The lowest BCUT2D eigenvalue weighted by Crippen LogP contribution is -2.35. The van der Waals surface area contributed by atoms with E-state index in [2.05, 4.69) is 36.1 Å². The molecule has 4 heteroatoms. The molecule has 0 atom stereocenters. The highest BCUT2D eigenvalue weighted by atomic mass is 35.5. The van der Waals surface area contributed by atoms with Gasteiger partial charge in [-0.3, -0.25) is 0 Å². The van der Waals surface area contributed by atoms with Crippen LogP contribution in [0.4, 0.5) is 0 Å². The SMILES string of the molecule is CC(C)(C)NCc1cnc(-c2ccc(Cl)cc2)nc1. The number of hydrogen-bond acceptors (Lipinski definition) is 3. The molecule has 19 heavy (non-hydrogen) atoms. The van der Waals surface area contributed by atoms with E-state index in [1.807, 2.05) is 36.7 Å².